The predicted molar refractivity (Wildman–Crippen MR) is 55.0 cm³/mol. The largest absolute Gasteiger partial charge is 0.478 e. The minimum Gasteiger partial charge on any atom is -0.478 e. The zero-order chi connectivity index (χ0) is 10.1. The van der Waals surface area contributed by atoms with Gasteiger partial charge in [0.15, 0.2) is 0 Å². The summed E-state index contributed by atoms with van der Waals surface area (Å²) < 4.78 is 0. The summed E-state index contributed by atoms with van der Waals surface area (Å²) in [6.45, 7) is 0. The summed E-state index contributed by atoms with van der Waals surface area (Å²) in [6, 6.07) is 3.50. The molecule has 1 heterocycles. The van der Waals surface area contributed by atoms with E-state index in [4.69, 9.17) is 5.11 Å². The van der Waals surface area contributed by atoms with E-state index in [1.54, 1.807) is 6.07 Å². The van der Waals surface area contributed by atoms with Crippen LogP contribution in [0.15, 0.2) is 17.2 Å². The Morgan fingerprint density at radius 2 is 2.29 bits per heavy atom. The minimum atomic E-state index is -0.899. The Hall–Kier alpha value is -1.03. The molecule has 3 nitrogen and oxygen atoms in total. The number of carboxylic acid groups (broad SMARTS) is 1. The number of carboxylic acids is 1. The summed E-state index contributed by atoms with van der Waals surface area (Å²) in [4.78, 5) is 15.2. The van der Waals surface area contributed by atoms with Gasteiger partial charge in [-0.25, -0.2) is 9.78 Å². The van der Waals surface area contributed by atoms with Crippen molar-refractivity contribution in [2.24, 2.45) is 0 Å². The molecule has 4 heteroatoms. The lowest BCUT2D eigenvalue weighted by molar-refractivity contribution is 0.0692. The summed E-state index contributed by atoms with van der Waals surface area (Å²) in [5, 5.41) is 9.52. The van der Waals surface area contributed by atoms with Crippen molar-refractivity contribution in [3.8, 4) is 0 Å². The normalized spacial score (nSPS) is 15.5. The molecule has 0 bridgehead atoms. The van der Waals surface area contributed by atoms with E-state index < -0.39 is 5.97 Å². The second kappa shape index (κ2) is 3.61. The molecule has 0 saturated heterocycles. The maximum absolute atomic E-state index is 10.8. The lowest BCUT2D eigenvalue weighted by atomic mass is 10.2. The molecule has 0 unspecified atom stereocenters. The summed E-state index contributed by atoms with van der Waals surface area (Å²) in [6.07, 6.45) is 4.23. The van der Waals surface area contributed by atoms with E-state index in [1.807, 2.05) is 12.3 Å². The van der Waals surface area contributed by atoms with Gasteiger partial charge in [-0.1, -0.05) is 0 Å². The maximum atomic E-state index is 10.8. The van der Waals surface area contributed by atoms with Gasteiger partial charge in [0, 0.05) is 11.6 Å². The summed E-state index contributed by atoms with van der Waals surface area (Å²) >= 11 is 1.39. The lowest BCUT2D eigenvalue weighted by Gasteiger charge is -2.04. The van der Waals surface area contributed by atoms with Crippen LogP contribution < -0.4 is 0 Å². The fourth-order valence-corrected chi connectivity index (χ4v) is 1.95. The van der Waals surface area contributed by atoms with Crippen LogP contribution in [0.4, 0.5) is 0 Å². The van der Waals surface area contributed by atoms with Crippen molar-refractivity contribution < 1.29 is 9.90 Å². The molecule has 0 aliphatic heterocycles. The monoisotopic (exact) mass is 209 g/mol. The van der Waals surface area contributed by atoms with Gasteiger partial charge in [0.25, 0.3) is 0 Å². The number of aromatic nitrogens is 1. The number of nitrogens with zero attached hydrogens (tertiary/aromatic N) is 1. The molecular formula is C10H11NO2S. The van der Waals surface area contributed by atoms with Crippen LogP contribution in [0.2, 0.25) is 0 Å². The molecule has 14 heavy (non-hydrogen) atoms. The van der Waals surface area contributed by atoms with Gasteiger partial charge in [0.1, 0.15) is 5.03 Å². The van der Waals surface area contributed by atoms with Gasteiger partial charge in [0.2, 0.25) is 0 Å². The zero-order valence-electron chi connectivity index (χ0n) is 7.86. The fraction of sp³-hybridized carbons (Fsp3) is 0.400. The Labute approximate surface area is 86.5 Å². The van der Waals surface area contributed by atoms with Crippen LogP contribution in [-0.2, 0) is 0 Å². The van der Waals surface area contributed by atoms with Crippen molar-refractivity contribution in [2.45, 2.75) is 23.8 Å². The maximum Gasteiger partial charge on any atom is 0.338 e. The molecule has 2 rings (SSSR count). The van der Waals surface area contributed by atoms with Crippen LogP contribution in [0.5, 0.6) is 0 Å². The highest BCUT2D eigenvalue weighted by molar-refractivity contribution is 7.98. The Balaban J connectivity index is 2.38. The summed E-state index contributed by atoms with van der Waals surface area (Å²) in [7, 11) is 0. The molecule has 1 saturated carbocycles. The van der Waals surface area contributed by atoms with E-state index in [1.165, 1.54) is 24.6 Å². The van der Waals surface area contributed by atoms with Gasteiger partial charge < -0.3 is 5.11 Å². The molecule has 1 aromatic heterocycles. The smallest absolute Gasteiger partial charge is 0.338 e. The van der Waals surface area contributed by atoms with Gasteiger partial charge in [-0.05, 0) is 31.2 Å². The van der Waals surface area contributed by atoms with Crippen molar-refractivity contribution in [1.29, 1.82) is 0 Å². The van der Waals surface area contributed by atoms with Gasteiger partial charge in [-0.15, -0.1) is 11.8 Å². The molecule has 0 aromatic carbocycles. The summed E-state index contributed by atoms with van der Waals surface area (Å²) in [5.41, 5.74) is 1.35. The Morgan fingerprint density at radius 3 is 2.79 bits per heavy atom. The zero-order valence-corrected chi connectivity index (χ0v) is 8.67. The number of thioether (sulfide) groups is 1. The van der Waals surface area contributed by atoms with Gasteiger partial charge in [0.05, 0.1) is 5.56 Å². The molecule has 1 N–H and O–H groups in total. The predicted octanol–water partition coefficient (Wildman–Crippen LogP) is 2.38. The van der Waals surface area contributed by atoms with Crippen molar-refractivity contribution in [2.75, 3.05) is 6.26 Å². The standard InChI is InChI=1S/C10H11NO2S/c1-14-9-7(10(12)13)4-5-8(11-9)6-2-3-6/h4-6H,2-3H2,1H3,(H,12,13). The molecule has 1 aromatic rings. The number of rotatable bonds is 3. The Kier molecular flexibility index (Phi) is 2.46. The average Bonchev–Trinajstić information content (AvgIpc) is 3.00. The quantitative estimate of drug-likeness (QED) is 0.776. The highest BCUT2D eigenvalue weighted by Crippen LogP contribution is 2.39. The van der Waals surface area contributed by atoms with Crippen molar-refractivity contribution >= 4 is 17.7 Å². The van der Waals surface area contributed by atoms with Crippen LogP contribution in [-0.4, -0.2) is 22.3 Å². The average molecular weight is 209 g/mol. The third-order valence-corrected chi connectivity index (χ3v) is 3.00. The molecule has 1 aliphatic carbocycles. The van der Waals surface area contributed by atoms with Crippen LogP contribution in [0, 0.1) is 0 Å². The van der Waals surface area contributed by atoms with Crippen molar-refractivity contribution in [1.82, 2.24) is 4.98 Å². The van der Waals surface area contributed by atoms with Gasteiger partial charge >= 0.3 is 5.97 Å². The second-order valence-electron chi connectivity index (χ2n) is 3.37. The third-order valence-electron chi connectivity index (χ3n) is 2.30. The lowest BCUT2D eigenvalue weighted by Crippen LogP contribution is -2.02. The SMILES string of the molecule is CSc1nc(C2CC2)ccc1C(=O)O. The highest BCUT2D eigenvalue weighted by Gasteiger charge is 2.26. The number of carbonyl (C=O) groups is 1. The summed E-state index contributed by atoms with van der Waals surface area (Å²) in [5.74, 6) is -0.326. The van der Waals surface area contributed by atoms with Crippen LogP contribution in [0.1, 0.15) is 34.8 Å². The molecule has 0 radical (unpaired) electrons. The molecule has 0 amide bonds. The molecule has 1 aliphatic rings. The number of hydrogen-bond donors (Lipinski definition) is 1. The van der Waals surface area contributed by atoms with Crippen LogP contribution in [0.25, 0.3) is 0 Å². The van der Waals surface area contributed by atoms with Gasteiger partial charge in [-0.2, -0.15) is 0 Å². The Morgan fingerprint density at radius 1 is 1.57 bits per heavy atom. The van der Waals surface area contributed by atoms with Gasteiger partial charge in [-0.3, -0.25) is 0 Å². The highest BCUT2D eigenvalue weighted by atomic mass is 32.2. The first kappa shape index (κ1) is 9.52. The van der Waals surface area contributed by atoms with Crippen LogP contribution >= 0.6 is 11.8 Å². The molecule has 0 spiro atoms. The molecule has 74 valence electrons. The molecule has 0 atom stereocenters. The Bertz CT molecular complexity index is 374. The van der Waals surface area contributed by atoms with E-state index in [2.05, 4.69) is 4.98 Å². The number of aromatic carboxylic acids is 1. The van der Waals surface area contributed by atoms with E-state index in [-0.39, 0.29) is 0 Å². The first-order valence-corrected chi connectivity index (χ1v) is 5.73. The fourth-order valence-electron chi connectivity index (χ4n) is 1.38. The van der Waals surface area contributed by atoms with E-state index in [9.17, 15) is 4.79 Å². The molecular weight excluding hydrogens is 198 g/mol. The topological polar surface area (TPSA) is 50.2 Å². The van der Waals surface area contributed by atoms with Crippen LogP contribution in [0.3, 0.4) is 0 Å². The second-order valence-corrected chi connectivity index (χ2v) is 4.17. The first-order valence-electron chi connectivity index (χ1n) is 4.50. The number of hydrogen-bond acceptors (Lipinski definition) is 3. The van der Waals surface area contributed by atoms with E-state index >= 15 is 0 Å². The van der Waals surface area contributed by atoms with Crippen molar-refractivity contribution in [3.05, 3.63) is 23.4 Å². The number of pyridine rings is 1. The van der Waals surface area contributed by atoms with E-state index in [0.717, 1.165) is 5.69 Å². The van der Waals surface area contributed by atoms with Crippen molar-refractivity contribution in [3.63, 3.8) is 0 Å². The third kappa shape index (κ3) is 1.75. The minimum absolute atomic E-state index is 0.307. The molecule has 1 fully saturated rings. The van der Waals surface area contributed by atoms with E-state index in [0.29, 0.717) is 16.5 Å². The first-order chi connectivity index (χ1) is 6.72.